The summed E-state index contributed by atoms with van der Waals surface area (Å²) in [5.41, 5.74) is 2.26. The van der Waals surface area contributed by atoms with Crippen LogP contribution in [0.2, 0.25) is 0 Å². The number of aliphatic hydroxyl groups excluding tert-OH is 1. The SMILES string of the molecule is Cc1ccc2c(c1)C(=O)C(=O)N2CCCCCCO. The van der Waals surface area contributed by atoms with E-state index in [1.54, 1.807) is 11.0 Å². The standard InChI is InChI=1S/C15H19NO3/c1-11-6-7-13-12(10-11)14(18)15(19)16(13)8-4-2-3-5-9-17/h6-7,10,17H,2-5,8-9H2,1H3. The molecule has 0 atom stereocenters. The maximum atomic E-state index is 11.9. The second kappa shape index (κ2) is 5.97. The highest BCUT2D eigenvalue weighted by Gasteiger charge is 2.35. The van der Waals surface area contributed by atoms with Crippen molar-refractivity contribution in [3.63, 3.8) is 0 Å². The monoisotopic (exact) mass is 261 g/mol. The lowest BCUT2D eigenvalue weighted by Crippen LogP contribution is -2.30. The Bertz CT molecular complexity index is 496. The highest BCUT2D eigenvalue weighted by Crippen LogP contribution is 2.29. The molecule has 0 radical (unpaired) electrons. The molecule has 0 unspecified atom stereocenters. The van der Waals surface area contributed by atoms with Gasteiger partial charge >= 0.3 is 0 Å². The van der Waals surface area contributed by atoms with Gasteiger partial charge < -0.3 is 10.0 Å². The highest BCUT2D eigenvalue weighted by atomic mass is 16.3. The molecule has 0 fully saturated rings. The van der Waals surface area contributed by atoms with Crippen molar-refractivity contribution in [2.75, 3.05) is 18.1 Å². The summed E-state index contributed by atoms with van der Waals surface area (Å²) in [4.78, 5) is 25.4. The molecular weight excluding hydrogens is 242 g/mol. The van der Waals surface area contributed by atoms with Gasteiger partial charge in [0.15, 0.2) is 0 Å². The predicted molar refractivity (Wildman–Crippen MR) is 73.4 cm³/mol. The number of nitrogens with zero attached hydrogens (tertiary/aromatic N) is 1. The fraction of sp³-hybridized carbons (Fsp3) is 0.467. The van der Waals surface area contributed by atoms with Gasteiger partial charge in [0.25, 0.3) is 11.7 Å². The Hall–Kier alpha value is -1.68. The number of carbonyl (C=O) groups is 2. The summed E-state index contributed by atoms with van der Waals surface area (Å²) in [6.45, 7) is 2.70. The molecule has 0 saturated carbocycles. The van der Waals surface area contributed by atoms with Crippen molar-refractivity contribution in [1.29, 1.82) is 0 Å². The maximum Gasteiger partial charge on any atom is 0.299 e. The van der Waals surface area contributed by atoms with E-state index in [1.807, 2.05) is 19.1 Å². The van der Waals surface area contributed by atoms with Crippen LogP contribution in [-0.4, -0.2) is 29.9 Å². The summed E-state index contributed by atoms with van der Waals surface area (Å²) in [5.74, 6) is -0.809. The van der Waals surface area contributed by atoms with Crippen LogP contribution in [-0.2, 0) is 4.79 Å². The Morgan fingerprint density at radius 3 is 2.58 bits per heavy atom. The first-order valence-electron chi connectivity index (χ1n) is 6.73. The number of Topliss-reactive ketones (excluding diaryl/α,β-unsaturated/α-hetero) is 1. The third kappa shape index (κ3) is 2.84. The van der Waals surface area contributed by atoms with E-state index < -0.39 is 11.7 Å². The third-order valence-electron chi connectivity index (χ3n) is 3.42. The average molecular weight is 261 g/mol. The zero-order valence-electron chi connectivity index (χ0n) is 11.2. The van der Waals surface area contributed by atoms with E-state index in [2.05, 4.69) is 0 Å². The fourth-order valence-corrected chi connectivity index (χ4v) is 2.37. The summed E-state index contributed by atoms with van der Waals surface area (Å²) in [6.07, 6.45) is 3.56. The first-order valence-corrected chi connectivity index (χ1v) is 6.73. The van der Waals surface area contributed by atoms with Crippen molar-refractivity contribution < 1.29 is 14.7 Å². The number of aliphatic hydroxyl groups is 1. The van der Waals surface area contributed by atoms with Gasteiger partial charge in [0.05, 0.1) is 11.3 Å². The molecule has 0 bridgehead atoms. The van der Waals surface area contributed by atoms with Gasteiger partial charge in [0.2, 0.25) is 0 Å². The number of rotatable bonds is 6. The van der Waals surface area contributed by atoms with Crippen LogP contribution < -0.4 is 4.90 Å². The van der Waals surface area contributed by atoms with Crippen LogP contribution in [0.4, 0.5) is 5.69 Å². The number of anilines is 1. The average Bonchev–Trinajstić information content (AvgIpc) is 2.63. The number of aryl methyl sites for hydroxylation is 1. The largest absolute Gasteiger partial charge is 0.396 e. The molecular formula is C15H19NO3. The van der Waals surface area contributed by atoms with E-state index in [0.717, 1.165) is 36.9 Å². The first kappa shape index (κ1) is 13.7. The molecule has 0 spiro atoms. The van der Waals surface area contributed by atoms with Gasteiger partial charge in [-0.1, -0.05) is 24.5 Å². The number of hydrogen-bond donors (Lipinski definition) is 1. The van der Waals surface area contributed by atoms with Crippen LogP contribution in [0.5, 0.6) is 0 Å². The van der Waals surface area contributed by atoms with Gasteiger partial charge in [-0.25, -0.2) is 0 Å². The van der Waals surface area contributed by atoms with Crippen LogP contribution in [0, 0.1) is 6.92 Å². The number of benzene rings is 1. The molecule has 1 heterocycles. The Balaban J connectivity index is 2.02. The lowest BCUT2D eigenvalue weighted by molar-refractivity contribution is -0.114. The number of fused-ring (bicyclic) bond motifs is 1. The molecule has 4 nitrogen and oxygen atoms in total. The molecule has 2 rings (SSSR count). The van der Waals surface area contributed by atoms with Gasteiger partial charge in [0.1, 0.15) is 0 Å². The minimum Gasteiger partial charge on any atom is -0.396 e. The Kier molecular flexibility index (Phi) is 4.32. The smallest absolute Gasteiger partial charge is 0.299 e. The van der Waals surface area contributed by atoms with Gasteiger partial charge in [0, 0.05) is 13.2 Å². The normalized spacial score (nSPS) is 14.1. The van der Waals surface area contributed by atoms with Crippen molar-refractivity contribution in [2.24, 2.45) is 0 Å². The van der Waals surface area contributed by atoms with E-state index in [4.69, 9.17) is 5.11 Å². The molecule has 0 aliphatic carbocycles. The number of carbonyl (C=O) groups excluding carboxylic acids is 2. The van der Waals surface area contributed by atoms with E-state index in [9.17, 15) is 9.59 Å². The van der Waals surface area contributed by atoms with Crippen LogP contribution in [0.1, 0.15) is 41.6 Å². The molecule has 1 aliphatic rings. The molecule has 0 aromatic heterocycles. The maximum absolute atomic E-state index is 11.9. The summed E-state index contributed by atoms with van der Waals surface area (Å²) in [5, 5.41) is 8.70. The lowest BCUT2D eigenvalue weighted by atomic mass is 10.1. The number of unbranched alkanes of at least 4 members (excludes halogenated alkanes) is 3. The Labute approximate surface area is 113 Å². The molecule has 102 valence electrons. The second-order valence-electron chi connectivity index (χ2n) is 4.94. The lowest BCUT2D eigenvalue weighted by Gasteiger charge is -2.16. The van der Waals surface area contributed by atoms with Crippen LogP contribution >= 0.6 is 0 Å². The molecule has 0 saturated heterocycles. The molecule has 19 heavy (non-hydrogen) atoms. The summed E-state index contributed by atoms with van der Waals surface area (Å²) in [7, 11) is 0. The Morgan fingerprint density at radius 1 is 1.11 bits per heavy atom. The zero-order valence-corrected chi connectivity index (χ0v) is 11.2. The van der Waals surface area contributed by atoms with E-state index >= 15 is 0 Å². The van der Waals surface area contributed by atoms with E-state index in [0.29, 0.717) is 12.1 Å². The number of hydrogen-bond acceptors (Lipinski definition) is 3. The Morgan fingerprint density at radius 2 is 1.84 bits per heavy atom. The minimum absolute atomic E-state index is 0.212. The first-order chi connectivity index (χ1) is 9.15. The summed E-state index contributed by atoms with van der Waals surface area (Å²) in [6, 6.07) is 5.55. The van der Waals surface area contributed by atoms with Crippen molar-refractivity contribution >= 4 is 17.4 Å². The molecule has 1 aromatic carbocycles. The summed E-state index contributed by atoms with van der Waals surface area (Å²) >= 11 is 0. The quantitative estimate of drug-likeness (QED) is 0.630. The van der Waals surface area contributed by atoms with E-state index in [1.165, 1.54) is 0 Å². The topological polar surface area (TPSA) is 57.6 Å². The number of ketones is 1. The minimum atomic E-state index is -0.414. The molecule has 1 aromatic rings. The van der Waals surface area contributed by atoms with Gasteiger partial charge in [-0.3, -0.25) is 9.59 Å². The second-order valence-corrected chi connectivity index (χ2v) is 4.94. The molecule has 1 N–H and O–H groups in total. The van der Waals surface area contributed by atoms with Crippen molar-refractivity contribution in [3.05, 3.63) is 29.3 Å². The molecule has 4 heteroatoms. The summed E-state index contributed by atoms with van der Waals surface area (Å²) < 4.78 is 0. The molecule has 1 aliphatic heterocycles. The fourth-order valence-electron chi connectivity index (χ4n) is 2.37. The van der Waals surface area contributed by atoms with Gasteiger partial charge in [-0.2, -0.15) is 0 Å². The molecule has 1 amide bonds. The number of amides is 1. The third-order valence-corrected chi connectivity index (χ3v) is 3.42. The van der Waals surface area contributed by atoms with Crippen LogP contribution in [0.25, 0.3) is 0 Å². The van der Waals surface area contributed by atoms with Crippen molar-refractivity contribution in [1.82, 2.24) is 0 Å². The predicted octanol–water partition coefficient (Wildman–Crippen LogP) is 2.08. The van der Waals surface area contributed by atoms with Gasteiger partial charge in [-0.05, 0) is 31.9 Å². The van der Waals surface area contributed by atoms with Crippen LogP contribution in [0.3, 0.4) is 0 Å². The zero-order chi connectivity index (χ0) is 13.8. The van der Waals surface area contributed by atoms with Gasteiger partial charge in [-0.15, -0.1) is 0 Å². The highest BCUT2D eigenvalue weighted by molar-refractivity contribution is 6.52. The van der Waals surface area contributed by atoms with Crippen molar-refractivity contribution in [3.8, 4) is 0 Å². The van der Waals surface area contributed by atoms with E-state index in [-0.39, 0.29) is 6.61 Å². The van der Waals surface area contributed by atoms with Crippen LogP contribution in [0.15, 0.2) is 18.2 Å². The van der Waals surface area contributed by atoms with Crippen molar-refractivity contribution in [2.45, 2.75) is 32.6 Å².